The summed E-state index contributed by atoms with van der Waals surface area (Å²) >= 11 is 0. The lowest BCUT2D eigenvalue weighted by Crippen LogP contribution is -2.18. The van der Waals surface area contributed by atoms with Crippen molar-refractivity contribution in [3.8, 4) is 17.2 Å². The first-order valence-corrected chi connectivity index (χ1v) is 8.71. The Labute approximate surface area is 155 Å². The van der Waals surface area contributed by atoms with Crippen LogP contribution in [0, 0.1) is 0 Å². The van der Waals surface area contributed by atoms with Crippen molar-refractivity contribution >= 4 is 23.0 Å². The molecule has 0 radical (unpaired) electrons. The number of ether oxygens (including phenoxy) is 3. The molecule has 138 valence electrons. The molecule has 2 N–H and O–H groups in total. The highest BCUT2D eigenvalue weighted by molar-refractivity contribution is 5.98. The number of H-pyrrole nitrogens is 1. The third-order valence-electron chi connectivity index (χ3n) is 4.09. The van der Waals surface area contributed by atoms with Crippen molar-refractivity contribution < 1.29 is 19.0 Å². The minimum absolute atomic E-state index is 0.321. The summed E-state index contributed by atoms with van der Waals surface area (Å²) in [5.41, 5.74) is 4.62. The molecule has 0 saturated carbocycles. The van der Waals surface area contributed by atoms with Crippen LogP contribution in [0.5, 0.6) is 17.2 Å². The summed E-state index contributed by atoms with van der Waals surface area (Å²) in [7, 11) is 0. The number of aromatic nitrogens is 1. The lowest BCUT2D eigenvalue weighted by molar-refractivity contribution is 0.0951. The van der Waals surface area contributed by atoms with E-state index >= 15 is 0 Å². The zero-order chi connectivity index (χ0) is 18.6. The lowest BCUT2D eigenvalue weighted by atomic mass is 10.2. The normalized spacial score (nSPS) is 13.1. The number of nitrogens with zero attached hydrogens (tertiary/aromatic N) is 1. The minimum atomic E-state index is -0.321. The van der Waals surface area contributed by atoms with Gasteiger partial charge in [0.25, 0.3) is 5.91 Å². The number of rotatable bonds is 5. The van der Waals surface area contributed by atoms with Crippen LogP contribution in [0.15, 0.2) is 47.6 Å². The van der Waals surface area contributed by atoms with E-state index in [-0.39, 0.29) is 5.91 Å². The third kappa shape index (κ3) is 3.72. The summed E-state index contributed by atoms with van der Waals surface area (Å²) < 4.78 is 16.5. The van der Waals surface area contributed by atoms with Crippen LogP contribution >= 0.6 is 0 Å². The Hall–Kier alpha value is -3.48. The molecule has 2 heterocycles. The quantitative estimate of drug-likeness (QED) is 0.537. The van der Waals surface area contributed by atoms with E-state index in [0.717, 1.165) is 22.2 Å². The molecule has 27 heavy (non-hydrogen) atoms. The molecule has 0 bridgehead atoms. The molecule has 7 heteroatoms. The second-order valence-electron chi connectivity index (χ2n) is 5.97. The van der Waals surface area contributed by atoms with Gasteiger partial charge >= 0.3 is 0 Å². The van der Waals surface area contributed by atoms with Crippen LogP contribution in [0.2, 0.25) is 0 Å². The van der Waals surface area contributed by atoms with Gasteiger partial charge in [-0.05, 0) is 55.0 Å². The van der Waals surface area contributed by atoms with Gasteiger partial charge < -0.3 is 19.2 Å². The van der Waals surface area contributed by atoms with Gasteiger partial charge in [-0.25, -0.2) is 5.43 Å². The van der Waals surface area contributed by atoms with Crippen molar-refractivity contribution in [2.75, 3.05) is 19.8 Å². The van der Waals surface area contributed by atoms with Gasteiger partial charge in [0.05, 0.1) is 12.8 Å². The fourth-order valence-electron chi connectivity index (χ4n) is 2.86. The molecule has 7 nitrogen and oxygen atoms in total. The molecule has 0 fully saturated rings. The number of amides is 1. The fourth-order valence-corrected chi connectivity index (χ4v) is 2.86. The summed E-state index contributed by atoms with van der Waals surface area (Å²) in [4.78, 5) is 15.4. The highest BCUT2D eigenvalue weighted by Gasteiger charge is 2.12. The van der Waals surface area contributed by atoms with Crippen LogP contribution < -0.4 is 19.6 Å². The summed E-state index contributed by atoms with van der Waals surface area (Å²) in [5.74, 6) is 1.84. The second kappa shape index (κ2) is 7.41. The average Bonchev–Trinajstić information content (AvgIpc) is 3.12. The summed E-state index contributed by atoms with van der Waals surface area (Å²) in [6.07, 6.45) is 1.56. The van der Waals surface area contributed by atoms with Crippen LogP contribution in [0.3, 0.4) is 0 Å². The first kappa shape index (κ1) is 17.0. The van der Waals surface area contributed by atoms with Crippen LogP contribution in [-0.2, 0) is 0 Å². The molecule has 1 aromatic heterocycles. The monoisotopic (exact) mass is 365 g/mol. The van der Waals surface area contributed by atoms with Gasteiger partial charge in [-0.15, -0.1) is 0 Å². The summed E-state index contributed by atoms with van der Waals surface area (Å²) in [5, 5.41) is 4.92. The smallest absolute Gasteiger partial charge is 0.287 e. The summed E-state index contributed by atoms with van der Waals surface area (Å²) in [6, 6.07) is 12.9. The number of hydrogen-bond donors (Lipinski definition) is 2. The van der Waals surface area contributed by atoms with Crippen LogP contribution in [0.1, 0.15) is 23.0 Å². The predicted octanol–water partition coefficient (Wildman–Crippen LogP) is 3.10. The number of carbonyl (C=O) groups excluding carboxylic acids is 1. The van der Waals surface area contributed by atoms with Gasteiger partial charge in [-0.1, -0.05) is 0 Å². The number of nitrogens with one attached hydrogen (secondary N) is 2. The highest BCUT2D eigenvalue weighted by atomic mass is 16.6. The van der Waals surface area contributed by atoms with E-state index in [1.165, 1.54) is 0 Å². The van der Waals surface area contributed by atoms with Crippen LogP contribution in [0.4, 0.5) is 0 Å². The van der Waals surface area contributed by atoms with Crippen molar-refractivity contribution in [3.05, 3.63) is 53.7 Å². The number of hydrazone groups is 1. The second-order valence-corrected chi connectivity index (χ2v) is 5.97. The number of fused-ring (bicyclic) bond motifs is 2. The maximum absolute atomic E-state index is 12.3. The SMILES string of the molecule is CCOc1ccc2[nH]c(C(=O)N/N=C\c3ccc4c(c3)OCCO4)cc2c1. The molecule has 1 aliphatic rings. The van der Waals surface area contributed by atoms with E-state index in [0.29, 0.717) is 37.0 Å². The van der Waals surface area contributed by atoms with Gasteiger partial charge in [0.1, 0.15) is 24.7 Å². The molecule has 0 spiro atoms. The van der Waals surface area contributed by atoms with Crippen molar-refractivity contribution in [1.29, 1.82) is 0 Å². The number of carbonyl (C=O) groups is 1. The van der Waals surface area contributed by atoms with Gasteiger partial charge in [0.2, 0.25) is 0 Å². The first-order valence-electron chi connectivity index (χ1n) is 8.71. The van der Waals surface area contributed by atoms with Gasteiger partial charge in [-0.2, -0.15) is 5.10 Å². The van der Waals surface area contributed by atoms with Crippen LogP contribution in [-0.4, -0.2) is 36.9 Å². The maximum atomic E-state index is 12.3. The molecule has 1 aliphatic heterocycles. The highest BCUT2D eigenvalue weighted by Crippen LogP contribution is 2.30. The molecule has 0 atom stereocenters. The number of hydrogen-bond acceptors (Lipinski definition) is 5. The maximum Gasteiger partial charge on any atom is 0.287 e. The fraction of sp³-hybridized carbons (Fsp3) is 0.200. The Bertz CT molecular complexity index is 1010. The molecule has 0 unspecified atom stereocenters. The van der Waals surface area contributed by atoms with Crippen molar-refractivity contribution in [3.63, 3.8) is 0 Å². The van der Waals surface area contributed by atoms with E-state index in [2.05, 4.69) is 15.5 Å². The topological polar surface area (TPSA) is 84.9 Å². The predicted molar refractivity (Wildman–Crippen MR) is 102 cm³/mol. The molecule has 0 saturated heterocycles. The van der Waals surface area contributed by atoms with E-state index in [9.17, 15) is 4.79 Å². The van der Waals surface area contributed by atoms with E-state index in [1.54, 1.807) is 12.3 Å². The lowest BCUT2D eigenvalue weighted by Gasteiger charge is -2.18. The minimum Gasteiger partial charge on any atom is -0.494 e. The average molecular weight is 365 g/mol. The summed E-state index contributed by atoms with van der Waals surface area (Å²) in [6.45, 7) is 3.60. The molecule has 3 aromatic rings. The zero-order valence-corrected chi connectivity index (χ0v) is 14.8. The van der Waals surface area contributed by atoms with E-state index < -0.39 is 0 Å². The Balaban J connectivity index is 1.44. The van der Waals surface area contributed by atoms with E-state index in [1.807, 2.05) is 43.3 Å². The van der Waals surface area contributed by atoms with Crippen molar-refractivity contribution in [2.45, 2.75) is 6.92 Å². The number of aromatic amines is 1. The molecule has 0 aliphatic carbocycles. The molecular weight excluding hydrogens is 346 g/mol. The molecule has 2 aromatic carbocycles. The standard InChI is InChI=1S/C20H19N3O4/c1-2-25-15-4-5-16-14(10-15)11-17(22-16)20(24)23-21-12-13-3-6-18-19(9-13)27-8-7-26-18/h3-6,9-12,22H,2,7-8H2,1H3,(H,23,24)/b21-12-. The van der Waals surface area contributed by atoms with Gasteiger partial charge in [-0.3, -0.25) is 4.79 Å². The number of benzene rings is 2. The van der Waals surface area contributed by atoms with Gasteiger partial charge in [0.15, 0.2) is 11.5 Å². The molecule has 4 rings (SSSR count). The largest absolute Gasteiger partial charge is 0.494 e. The van der Waals surface area contributed by atoms with Gasteiger partial charge in [0, 0.05) is 10.9 Å². The Morgan fingerprint density at radius 3 is 2.89 bits per heavy atom. The van der Waals surface area contributed by atoms with Crippen molar-refractivity contribution in [2.24, 2.45) is 5.10 Å². The zero-order valence-electron chi connectivity index (χ0n) is 14.8. The Kier molecular flexibility index (Phi) is 4.65. The Morgan fingerprint density at radius 2 is 2.04 bits per heavy atom. The molecular formula is C20H19N3O4. The van der Waals surface area contributed by atoms with Crippen LogP contribution in [0.25, 0.3) is 10.9 Å². The first-order chi connectivity index (χ1) is 13.2. The van der Waals surface area contributed by atoms with E-state index in [4.69, 9.17) is 14.2 Å². The van der Waals surface area contributed by atoms with Crippen molar-refractivity contribution in [1.82, 2.24) is 10.4 Å². The third-order valence-corrected chi connectivity index (χ3v) is 4.09. The molecule has 1 amide bonds. The Morgan fingerprint density at radius 1 is 1.19 bits per heavy atom.